The van der Waals surface area contributed by atoms with Gasteiger partial charge in [0.25, 0.3) is 5.56 Å². The van der Waals surface area contributed by atoms with Crippen molar-refractivity contribution in [1.82, 2.24) is 9.78 Å². The van der Waals surface area contributed by atoms with E-state index in [1.807, 2.05) is 12.1 Å². The van der Waals surface area contributed by atoms with Crippen LogP contribution in [0, 0.1) is 0 Å². The summed E-state index contributed by atoms with van der Waals surface area (Å²) in [6.07, 6.45) is 7.47. The summed E-state index contributed by atoms with van der Waals surface area (Å²) < 4.78 is 15.2. The van der Waals surface area contributed by atoms with Gasteiger partial charge >= 0.3 is 0 Å². The van der Waals surface area contributed by atoms with Gasteiger partial charge in [0.15, 0.2) is 0 Å². The zero-order valence-electron chi connectivity index (χ0n) is 13.8. The Bertz CT molecular complexity index is 870. The Kier molecular flexibility index (Phi) is 3.49. The van der Waals surface area contributed by atoms with Crippen LogP contribution in [0.5, 0.6) is 0 Å². The highest BCUT2D eigenvalue weighted by Crippen LogP contribution is 2.53. The highest BCUT2D eigenvalue weighted by Gasteiger charge is 2.34. The van der Waals surface area contributed by atoms with Crippen molar-refractivity contribution in [1.29, 1.82) is 0 Å². The summed E-state index contributed by atoms with van der Waals surface area (Å²) in [7, 11) is -2.39. The Morgan fingerprint density at radius 2 is 1.87 bits per heavy atom. The summed E-state index contributed by atoms with van der Waals surface area (Å²) in [5, 5.41) is 6.89. The number of rotatable bonds is 3. The van der Waals surface area contributed by atoms with Crippen LogP contribution in [0.2, 0.25) is 0 Å². The zero-order chi connectivity index (χ0) is 16.2. The van der Waals surface area contributed by atoms with Crippen molar-refractivity contribution in [3.63, 3.8) is 0 Å². The highest BCUT2D eigenvalue weighted by molar-refractivity contribution is 7.72. The predicted octanol–water partition coefficient (Wildman–Crippen LogP) is 3.64. The van der Waals surface area contributed by atoms with Crippen molar-refractivity contribution in [3.8, 4) is 0 Å². The molecule has 0 radical (unpaired) electrons. The molecule has 0 atom stereocenters. The fraction of sp³-hybridized carbons (Fsp3) is 0.556. The van der Waals surface area contributed by atoms with E-state index in [1.165, 1.54) is 0 Å². The van der Waals surface area contributed by atoms with Gasteiger partial charge in [-0.15, -0.1) is 0 Å². The van der Waals surface area contributed by atoms with E-state index in [0.29, 0.717) is 11.3 Å². The first-order valence-corrected chi connectivity index (χ1v) is 10.7. The number of benzene rings is 1. The van der Waals surface area contributed by atoms with Crippen LogP contribution in [0.25, 0.3) is 10.8 Å². The molecule has 2 aromatic rings. The molecule has 2 fully saturated rings. The minimum absolute atomic E-state index is 0.0210. The van der Waals surface area contributed by atoms with Gasteiger partial charge in [-0.2, -0.15) is 5.10 Å². The fourth-order valence-electron chi connectivity index (χ4n) is 3.81. The van der Waals surface area contributed by atoms with Crippen LogP contribution in [0.4, 0.5) is 0 Å². The van der Waals surface area contributed by atoms with Crippen LogP contribution in [0.3, 0.4) is 0 Å². The summed E-state index contributed by atoms with van der Waals surface area (Å²) in [6, 6.07) is 4.21. The van der Waals surface area contributed by atoms with Crippen LogP contribution in [-0.2, 0) is 4.57 Å². The van der Waals surface area contributed by atoms with Gasteiger partial charge in [0, 0.05) is 23.0 Å². The third kappa shape index (κ3) is 2.39. The summed E-state index contributed by atoms with van der Waals surface area (Å²) >= 11 is 0. The van der Waals surface area contributed by atoms with Crippen LogP contribution in [-0.4, -0.2) is 22.1 Å². The van der Waals surface area contributed by atoms with Crippen molar-refractivity contribution in [2.24, 2.45) is 0 Å². The fourth-order valence-corrected chi connectivity index (χ4v) is 7.37. The Morgan fingerprint density at radius 3 is 2.48 bits per heavy atom. The lowest BCUT2D eigenvalue weighted by Gasteiger charge is -2.21. The smallest absolute Gasteiger partial charge is 0.274 e. The molecule has 1 aromatic heterocycles. The monoisotopic (exact) mass is 330 g/mol. The molecule has 4 rings (SSSR count). The molecule has 0 unspecified atom stereocenters. The summed E-state index contributed by atoms with van der Waals surface area (Å²) in [5.41, 5.74) is 1.11. The number of hydrogen-bond donors (Lipinski definition) is 0. The van der Waals surface area contributed by atoms with Gasteiger partial charge in [-0.1, -0.05) is 19.9 Å². The molecule has 5 heteroatoms. The van der Waals surface area contributed by atoms with Gasteiger partial charge in [-0.25, -0.2) is 4.68 Å². The van der Waals surface area contributed by atoms with Crippen molar-refractivity contribution < 1.29 is 4.57 Å². The standard InChI is InChI=1S/C18H23N2O2P/c1-12(2)14-7-8-15-16(17(14)23(22)9-3-4-10-23)11-19-20(18(15)21)13-5-6-13/h7-8,11-13H,3-6,9-10H2,1-2H3. The van der Waals surface area contributed by atoms with Gasteiger partial charge < -0.3 is 4.57 Å². The topological polar surface area (TPSA) is 52.0 Å². The maximum atomic E-state index is 13.6. The predicted molar refractivity (Wildman–Crippen MR) is 94.6 cm³/mol. The molecule has 1 aliphatic heterocycles. The lowest BCUT2D eigenvalue weighted by molar-refractivity contribution is 0.584. The Balaban J connectivity index is 2.04. The molecular weight excluding hydrogens is 307 g/mol. The minimum atomic E-state index is -2.39. The van der Waals surface area contributed by atoms with E-state index in [4.69, 9.17) is 0 Å². The Hall–Kier alpha value is -1.41. The zero-order valence-corrected chi connectivity index (χ0v) is 14.7. The van der Waals surface area contributed by atoms with E-state index >= 15 is 0 Å². The van der Waals surface area contributed by atoms with Gasteiger partial charge in [0.05, 0.1) is 17.6 Å². The van der Waals surface area contributed by atoms with Crippen LogP contribution in [0.15, 0.2) is 23.1 Å². The molecule has 0 amide bonds. The Labute approximate surface area is 136 Å². The first-order valence-electron chi connectivity index (χ1n) is 8.64. The lowest BCUT2D eigenvalue weighted by Crippen LogP contribution is -2.25. The molecule has 0 bridgehead atoms. The lowest BCUT2D eigenvalue weighted by atomic mass is 10.0. The van der Waals surface area contributed by atoms with E-state index in [1.54, 1.807) is 10.9 Å². The third-order valence-electron chi connectivity index (χ3n) is 5.21. The summed E-state index contributed by atoms with van der Waals surface area (Å²) in [4.78, 5) is 12.8. The summed E-state index contributed by atoms with van der Waals surface area (Å²) in [5.74, 6) is 0.298. The second kappa shape index (κ2) is 5.31. The van der Waals surface area contributed by atoms with E-state index in [0.717, 1.165) is 54.3 Å². The maximum Gasteiger partial charge on any atom is 0.274 e. The third-order valence-corrected chi connectivity index (χ3v) is 8.60. The molecule has 4 nitrogen and oxygen atoms in total. The molecule has 1 aliphatic carbocycles. The molecule has 23 heavy (non-hydrogen) atoms. The van der Waals surface area contributed by atoms with Crippen molar-refractivity contribution in [2.75, 3.05) is 12.3 Å². The second-order valence-corrected chi connectivity index (χ2v) is 10.4. The minimum Gasteiger partial charge on any atom is -0.319 e. The second-order valence-electron chi connectivity index (χ2n) is 7.29. The first-order chi connectivity index (χ1) is 11.0. The van der Waals surface area contributed by atoms with Crippen molar-refractivity contribution in [3.05, 3.63) is 34.2 Å². The number of fused-ring (bicyclic) bond motifs is 1. The van der Waals surface area contributed by atoms with E-state index < -0.39 is 7.14 Å². The highest BCUT2D eigenvalue weighted by atomic mass is 31.2. The van der Waals surface area contributed by atoms with Gasteiger partial charge in [-0.05, 0) is 43.2 Å². The van der Waals surface area contributed by atoms with Crippen molar-refractivity contribution >= 4 is 23.2 Å². The molecular formula is C18H23N2O2P. The van der Waals surface area contributed by atoms with E-state index in [2.05, 4.69) is 18.9 Å². The summed E-state index contributed by atoms with van der Waals surface area (Å²) in [6.45, 7) is 4.26. The number of hydrogen-bond acceptors (Lipinski definition) is 3. The quantitative estimate of drug-likeness (QED) is 0.808. The average Bonchev–Trinajstić information content (AvgIpc) is 3.27. The SMILES string of the molecule is CC(C)c1ccc2c(=O)n(C3CC3)ncc2c1P1(=O)CCCC1. The van der Waals surface area contributed by atoms with Gasteiger partial charge in [-0.3, -0.25) is 4.79 Å². The molecule has 1 saturated carbocycles. The molecule has 2 heterocycles. The van der Waals surface area contributed by atoms with Gasteiger partial charge in [0.1, 0.15) is 7.14 Å². The van der Waals surface area contributed by atoms with Crippen LogP contribution in [0.1, 0.15) is 57.1 Å². The maximum absolute atomic E-state index is 13.6. The van der Waals surface area contributed by atoms with E-state index in [-0.39, 0.29) is 11.6 Å². The first kappa shape index (κ1) is 15.1. The average molecular weight is 330 g/mol. The number of aromatic nitrogens is 2. The van der Waals surface area contributed by atoms with Crippen LogP contribution >= 0.6 is 7.14 Å². The Morgan fingerprint density at radius 1 is 1.17 bits per heavy atom. The molecule has 1 aromatic carbocycles. The molecule has 0 spiro atoms. The molecule has 1 saturated heterocycles. The largest absolute Gasteiger partial charge is 0.319 e. The van der Waals surface area contributed by atoms with Gasteiger partial charge in [0.2, 0.25) is 0 Å². The number of nitrogens with zero attached hydrogens (tertiary/aromatic N) is 2. The normalized spacial score (nSPS) is 20.5. The van der Waals surface area contributed by atoms with Crippen molar-refractivity contribution in [2.45, 2.75) is 51.5 Å². The molecule has 2 aliphatic rings. The van der Waals surface area contributed by atoms with E-state index in [9.17, 15) is 9.36 Å². The van der Waals surface area contributed by atoms with Crippen LogP contribution < -0.4 is 10.9 Å². The molecule has 122 valence electrons. The molecule has 0 N–H and O–H groups in total.